The maximum Gasteiger partial charge on any atom is 0.191 e. The Kier molecular flexibility index (Phi) is 5.85. The number of imidazole rings is 1. The van der Waals surface area contributed by atoms with E-state index in [0.717, 1.165) is 5.52 Å². The van der Waals surface area contributed by atoms with Crippen molar-refractivity contribution in [3.05, 3.63) is 84.2 Å². The Morgan fingerprint density at radius 1 is 1.00 bits per heavy atom. The molecule has 0 unspecified atom stereocenters. The maximum atomic E-state index is 13.3. The zero-order valence-corrected chi connectivity index (χ0v) is 17.1. The van der Waals surface area contributed by atoms with Gasteiger partial charge in [0.15, 0.2) is 10.9 Å². The standard InChI is InChI=1S/C22H17F2N5OS/c1-13(28-29-22(31)25-16-4-2-3-15(24)11-16)21-26-19-10-9-18(12-20(19)27-21)30-17-7-5-14(23)6-8-17/h2-12H,1H3,(H,26,27)(H2,25,29,31)/b28-13+. The summed E-state index contributed by atoms with van der Waals surface area (Å²) in [5.74, 6) is 0.962. The molecule has 0 bridgehead atoms. The third-order valence-electron chi connectivity index (χ3n) is 4.25. The van der Waals surface area contributed by atoms with Crippen LogP contribution in [0.1, 0.15) is 12.7 Å². The van der Waals surface area contributed by atoms with E-state index >= 15 is 0 Å². The molecule has 9 heteroatoms. The Balaban J connectivity index is 1.44. The molecule has 0 saturated heterocycles. The molecule has 0 radical (unpaired) electrons. The number of fused-ring (bicyclic) bond motifs is 1. The van der Waals surface area contributed by atoms with E-state index in [2.05, 4.69) is 25.8 Å². The molecule has 156 valence electrons. The number of halogens is 2. The molecule has 0 spiro atoms. The molecule has 0 saturated carbocycles. The average molecular weight is 437 g/mol. The molecular formula is C22H17F2N5OS. The van der Waals surface area contributed by atoms with Crippen LogP contribution in [0.2, 0.25) is 0 Å². The van der Waals surface area contributed by atoms with Crippen molar-refractivity contribution in [1.82, 2.24) is 15.4 Å². The molecular weight excluding hydrogens is 420 g/mol. The molecule has 0 amide bonds. The molecule has 1 heterocycles. The second-order valence-corrected chi connectivity index (χ2v) is 7.00. The van der Waals surface area contributed by atoms with E-state index in [4.69, 9.17) is 17.0 Å². The first-order chi connectivity index (χ1) is 15.0. The first kappa shape index (κ1) is 20.4. The summed E-state index contributed by atoms with van der Waals surface area (Å²) in [5, 5.41) is 7.29. The van der Waals surface area contributed by atoms with E-state index in [1.165, 1.54) is 24.3 Å². The van der Waals surface area contributed by atoms with Crippen molar-refractivity contribution in [1.29, 1.82) is 0 Å². The van der Waals surface area contributed by atoms with Crippen LogP contribution in [0.5, 0.6) is 11.5 Å². The van der Waals surface area contributed by atoms with Crippen LogP contribution >= 0.6 is 12.2 Å². The van der Waals surface area contributed by atoms with E-state index in [0.29, 0.717) is 34.2 Å². The van der Waals surface area contributed by atoms with Crippen LogP contribution in [-0.2, 0) is 0 Å². The number of rotatable bonds is 5. The van der Waals surface area contributed by atoms with Gasteiger partial charge in [-0.25, -0.2) is 13.8 Å². The average Bonchev–Trinajstić information content (AvgIpc) is 3.17. The highest BCUT2D eigenvalue weighted by Crippen LogP contribution is 2.25. The Bertz CT molecular complexity index is 1270. The van der Waals surface area contributed by atoms with E-state index in [9.17, 15) is 8.78 Å². The predicted octanol–water partition coefficient (Wildman–Crippen LogP) is 5.34. The first-order valence-corrected chi connectivity index (χ1v) is 9.67. The van der Waals surface area contributed by atoms with Gasteiger partial charge in [-0.05, 0) is 73.7 Å². The van der Waals surface area contributed by atoms with Gasteiger partial charge in [0, 0.05) is 11.8 Å². The minimum atomic E-state index is -0.363. The summed E-state index contributed by atoms with van der Waals surface area (Å²) in [6.07, 6.45) is 0. The Labute approximate surface area is 182 Å². The number of nitrogens with zero attached hydrogens (tertiary/aromatic N) is 2. The van der Waals surface area contributed by atoms with Crippen molar-refractivity contribution >= 4 is 39.8 Å². The van der Waals surface area contributed by atoms with Crippen molar-refractivity contribution in [3.8, 4) is 11.5 Å². The number of benzene rings is 3. The van der Waals surface area contributed by atoms with E-state index in [1.807, 2.05) is 6.07 Å². The second-order valence-electron chi connectivity index (χ2n) is 6.59. The van der Waals surface area contributed by atoms with Crippen LogP contribution in [0, 0.1) is 11.6 Å². The molecule has 0 aliphatic carbocycles. The van der Waals surface area contributed by atoms with Crippen LogP contribution in [0.3, 0.4) is 0 Å². The third kappa shape index (κ3) is 5.20. The molecule has 1 aromatic heterocycles. The predicted molar refractivity (Wildman–Crippen MR) is 121 cm³/mol. The number of aromatic nitrogens is 2. The fourth-order valence-electron chi connectivity index (χ4n) is 2.77. The summed E-state index contributed by atoms with van der Waals surface area (Å²) in [6.45, 7) is 1.77. The summed E-state index contributed by atoms with van der Waals surface area (Å²) in [6, 6.07) is 17.1. The Morgan fingerprint density at radius 3 is 2.55 bits per heavy atom. The van der Waals surface area contributed by atoms with Crippen molar-refractivity contribution in [3.63, 3.8) is 0 Å². The lowest BCUT2D eigenvalue weighted by Gasteiger charge is -2.07. The summed E-state index contributed by atoms with van der Waals surface area (Å²) in [5.41, 5.74) is 5.29. The monoisotopic (exact) mass is 437 g/mol. The number of thiocarbonyl (C=S) groups is 1. The normalized spacial score (nSPS) is 11.4. The number of anilines is 1. The topological polar surface area (TPSA) is 74.3 Å². The summed E-state index contributed by atoms with van der Waals surface area (Å²) in [7, 11) is 0. The smallest absolute Gasteiger partial charge is 0.191 e. The van der Waals surface area contributed by atoms with E-state index in [1.54, 1.807) is 43.3 Å². The van der Waals surface area contributed by atoms with Gasteiger partial charge in [0.1, 0.15) is 28.8 Å². The van der Waals surface area contributed by atoms with Crippen LogP contribution in [-0.4, -0.2) is 20.8 Å². The van der Waals surface area contributed by atoms with Crippen LogP contribution in [0.25, 0.3) is 11.0 Å². The molecule has 4 rings (SSSR count). The van der Waals surface area contributed by atoms with Gasteiger partial charge in [-0.3, -0.25) is 5.43 Å². The lowest BCUT2D eigenvalue weighted by Crippen LogP contribution is -2.25. The van der Waals surface area contributed by atoms with E-state index in [-0.39, 0.29) is 16.7 Å². The molecule has 4 aromatic rings. The zero-order valence-electron chi connectivity index (χ0n) is 16.3. The fraction of sp³-hybridized carbons (Fsp3) is 0.0455. The Hall–Kier alpha value is -3.85. The molecule has 0 fully saturated rings. The summed E-state index contributed by atoms with van der Waals surface area (Å²) >= 11 is 5.18. The minimum absolute atomic E-state index is 0.219. The molecule has 3 aromatic carbocycles. The van der Waals surface area contributed by atoms with Gasteiger partial charge in [-0.2, -0.15) is 5.10 Å². The van der Waals surface area contributed by atoms with Crippen LogP contribution in [0.4, 0.5) is 14.5 Å². The second kappa shape index (κ2) is 8.88. The van der Waals surface area contributed by atoms with Crippen molar-refractivity contribution in [2.75, 3.05) is 5.32 Å². The number of hydrogen-bond donors (Lipinski definition) is 3. The fourth-order valence-corrected chi connectivity index (χ4v) is 2.94. The van der Waals surface area contributed by atoms with Crippen LogP contribution < -0.4 is 15.5 Å². The number of nitrogens with one attached hydrogen (secondary N) is 3. The van der Waals surface area contributed by atoms with Crippen LogP contribution in [0.15, 0.2) is 71.8 Å². The number of aromatic amines is 1. The third-order valence-corrected chi connectivity index (χ3v) is 4.45. The summed E-state index contributed by atoms with van der Waals surface area (Å²) in [4.78, 5) is 7.70. The number of hydrazone groups is 1. The van der Waals surface area contributed by atoms with Gasteiger partial charge in [-0.1, -0.05) is 6.07 Å². The molecule has 0 aliphatic heterocycles. The maximum absolute atomic E-state index is 13.3. The van der Waals surface area contributed by atoms with Gasteiger partial charge in [0.25, 0.3) is 0 Å². The highest BCUT2D eigenvalue weighted by atomic mass is 32.1. The quantitative estimate of drug-likeness (QED) is 0.223. The largest absolute Gasteiger partial charge is 0.457 e. The molecule has 3 N–H and O–H groups in total. The highest BCUT2D eigenvalue weighted by Gasteiger charge is 2.08. The molecule has 0 aliphatic rings. The Morgan fingerprint density at radius 2 is 1.77 bits per heavy atom. The summed E-state index contributed by atoms with van der Waals surface area (Å²) < 4.78 is 32.0. The van der Waals surface area contributed by atoms with Crippen molar-refractivity contribution in [2.45, 2.75) is 6.92 Å². The molecule has 6 nitrogen and oxygen atoms in total. The lowest BCUT2D eigenvalue weighted by atomic mass is 10.3. The van der Waals surface area contributed by atoms with Gasteiger partial charge in [-0.15, -0.1) is 0 Å². The van der Waals surface area contributed by atoms with E-state index < -0.39 is 0 Å². The number of hydrogen-bond acceptors (Lipinski definition) is 4. The molecule has 31 heavy (non-hydrogen) atoms. The van der Waals surface area contributed by atoms with Gasteiger partial charge >= 0.3 is 0 Å². The van der Waals surface area contributed by atoms with Gasteiger partial charge < -0.3 is 15.0 Å². The van der Waals surface area contributed by atoms with Gasteiger partial charge in [0.2, 0.25) is 0 Å². The zero-order chi connectivity index (χ0) is 21.8. The van der Waals surface area contributed by atoms with Crippen molar-refractivity contribution in [2.24, 2.45) is 5.10 Å². The highest BCUT2D eigenvalue weighted by molar-refractivity contribution is 7.80. The molecule has 0 atom stereocenters. The van der Waals surface area contributed by atoms with Crippen molar-refractivity contribution < 1.29 is 13.5 Å². The minimum Gasteiger partial charge on any atom is -0.457 e. The SMILES string of the molecule is C/C(=N\NC(=S)Nc1cccc(F)c1)c1nc2cc(Oc3ccc(F)cc3)ccc2[nH]1. The number of ether oxygens (including phenoxy) is 1. The number of H-pyrrole nitrogens is 1. The lowest BCUT2D eigenvalue weighted by molar-refractivity contribution is 0.481. The first-order valence-electron chi connectivity index (χ1n) is 9.27. The van der Waals surface area contributed by atoms with Gasteiger partial charge in [0.05, 0.1) is 11.0 Å².